The second kappa shape index (κ2) is 14.3. The fourth-order valence-electron chi connectivity index (χ4n) is 1.77. The zero-order chi connectivity index (χ0) is 17.7. The van der Waals surface area contributed by atoms with Crippen molar-refractivity contribution in [2.24, 2.45) is 0 Å². The van der Waals surface area contributed by atoms with Gasteiger partial charge in [0.25, 0.3) is 20.4 Å². The van der Waals surface area contributed by atoms with Crippen molar-refractivity contribution in [3.63, 3.8) is 0 Å². The van der Waals surface area contributed by atoms with E-state index in [9.17, 15) is 0 Å². The number of halogens is 1. The van der Waals surface area contributed by atoms with Crippen LogP contribution in [0.2, 0.25) is 5.02 Å². The second-order valence-corrected chi connectivity index (χ2v) is 4.13. The summed E-state index contributed by atoms with van der Waals surface area (Å²) in [5, 5.41) is 1.67. The zero-order valence-electron chi connectivity index (χ0n) is 12.1. The molecule has 0 unspecified atom stereocenters. The summed E-state index contributed by atoms with van der Waals surface area (Å²) in [7, 11) is 0. The fraction of sp³-hybridized carbons (Fsp3) is 0. The molecule has 7 heteroatoms. The first-order chi connectivity index (χ1) is 11.3. The van der Waals surface area contributed by atoms with Crippen LogP contribution >= 0.6 is 11.6 Å². The number of pyridine rings is 2. The third kappa shape index (κ3) is 6.47. The molecular formula is C17H9ClN2O3Re. The SMILES string of the molecule is Clc1cc2ccccc2nc1-c1ccccn1.[C]=O.[C]=O.[C]=O.[Re]. The molecule has 0 aliphatic rings. The first kappa shape index (κ1) is 24.0. The molecular weight excluding hydrogens is 502 g/mol. The smallest absolute Gasteiger partial charge is 0.281 e. The van der Waals surface area contributed by atoms with Crippen molar-refractivity contribution < 1.29 is 34.8 Å². The third-order valence-electron chi connectivity index (χ3n) is 2.58. The Hall–Kier alpha value is -2.26. The number of carbonyl (C=O) groups excluding carboxylic acids is 3. The molecule has 0 saturated carbocycles. The van der Waals surface area contributed by atoms with Crippen LogP contribution in [0.25, 0.3) is 22.3 Å². The molecule has 3 rings (SSSR count). The Balaban J connectivity index is 0. The number of rotatable bonds is 1. The topological polar surface area (TPSA) is 77.0 Å². The van der Waals surface area contributed by atoms with Crippen LogP contribution in [0.1, 0.15) is 0 Å². The summed E-state index contributed by atoms with van der Waals surface area (Å²) in [5.41, 5.74) is 2.45. The van der Waals surface area contributed by atoms with Gasteiger partial charge in [-0.25, -0.2) is 4.98 Å². The number of nitrogens with zero attached hydrogens (tertiary/aromatic N) is 2. The van der Waals surface area contributed by atoms with E-state index in [2.05, 4.69) is 30.3 Å². The summed E-state index contributed by atoms with van der Waals surface area (Å²) < 4.78 is 0. The van der Waals surface area contributed by atoms with E-state index in [0.717, 1.165) is 22.3 Å². The fourth-order valence-corrected chi connectivity index (χ4v) is 2.03. The maximum absolute atomic E-state index is 7.50. The standard InChI is InChI=1S/C14H9ClN2.3CO.Re/c15-11-9-10-5-1-2-6-12(10)17-14(11)13-7-3-4-8-16-13;3*1-2;/h1-9H;;;;. The summed E-state index contributed by atoms with van der Waals surface area (Å²) in [5.74, 6) is 0. The van der Waals surface area contributed by atoms with Crippen molar-refractivity contribution in [3.05, 3.63) is 59.8 Å². The van der Waals surface area contributed by atoms with Crippen LogP contribution < -0.4 is 0 Å². The van der Waals surface area contributed by atoms with Gasteiger partial charge in [-0.15, -0.1) is 0 Å². The summed E-state index contributed by atoms with van der Waals surface area (Å²) in [4.78, 5) is 31.3. The maximum atomic E-state index is 7.50. The molecule has 0 atom stereocenters. The molecule has 24 heavy (non-hydrogen) atoms. The van der Waals surface area contributed by atoms with Gasteiger partial charge in [-0.1, -0.05) is 35.9 Å². The molecule has 3 aromatic rings. The molecule has 1 aromatic carbocycles. The molecule has 0 spiro atoms. The van der Waals surface area contributed by atoms with Gasteiger partial charge in [0.2, 0.25) is 0 Å². The van der Waals surface area contributed by atoms with Crippen LogP contribution in [0.4, 0.5) is 0 Å². The molecule has 0 N–H and O–H groups in total. The number of hydrogen-bond acceptors (Lipinski definition) is 5. The van der Waals surface area contributed by atoms with Crippen LogP contribution in [-0.4, -0.2) is 30.3 Å². The predicted molar refractivity (Wildman–Crippen MR) is 87.1 cm³/mol. The Bertz CT molecular complexity index is 725. The van der Waals surface area contributed by atoms with Crippen LogP contribution in [0.5, 0.6) is 0 Å². The average Bonchev–Trinajstić information content (AvgIpc) is 2.67. The van der Waals surface area contributed by atoms with Crippen LogP contribution in [-0.2, 0) is 34.8 Å². The quantitative estimate of drug-likeness (QED) is 0.503. The molecule has 0 fully saturated rings. The Morgan fingerprint density at radius 1 is 0.833 bits per heavy atom. The Labute approximate surface area is 158 Å². The van der Waals surface area contributed by atoms with Crippen molar-refractivity contribution in [2.75, 3.05) is 0 Å². The van der Waals surface area contributed by atoms with Gasteiger partial charge >= 0.3 is 0 Å². The summed E-state index contributed by atoms with van der Waals surface area (Å²) in [6.45, 7) is 13.5. The maximum Gasteiger partial charge on any atom is 0.281 e. The van der Waals surface area contributed by atoms with E-state index in [4.69, 9.17) is 26.0 Å². The second-order valence-electron chi connectivity index (χ2n) is 3.73. The number of hydrogen-bond donors (Lipinski definition) is 0. The van der Waals surface area contributed by atoms with Gasteiger partial charge in [0.15, 0.2) is 0 Å². The van der Waals surface area contributed by atoms with Gasteiger partial charge in [0.05, 0.1) is 16.2 Å². The average molecular weight is 511 g/mol. The molecule has 2 heterocycles. The van der Waals surface area contributed by atoms with Crippen molar-refractivity contribution in [1.29, 1.82) is 0 Å². The Kier molecular flexibility index (Phi) is 14.3. The van der Waals surface area contributed by atoms with Crippen molar-refractivity contribution >= 4 is 42.9 Å². The minimum absolute atomic E-state index is 0. The summed E-state index contributed by atoms with van der Waals surface area (Å²) >= 11 is 6.24. The molecule has 0 saturated heterocycles. The molecule has 0 aliphatic carbocycles. The normalized spacial score (nSPS) is 8.04. The van der Waals surface area contributed by atoms with Gasteiger partial charge in [-0.2, -0.15) is 0 Å². The number of aromatic nitrogens is 2. The molecule has 0 bridgehead atoms. The summed E-state index contributed by atoms with van der Waals surface area (Å²) in [6, 6.07) is 15.5. The third-order valence-corrected chi connectivity index (χ3v) is 2.87. The van der Waals surface area contributed by atoms with Gasteiger partial charge in [0, 0.05) is 32.0 Å². The largest absolute Gasteiger partial charge is 0.281 e. The Morgan fingerprint density at radius 2 is 1.42 bits per heavy atom. The molecule has 0 amide bonds. The zero-order valence-corrected chi connectivity index (χ0v) is 15.5. The van der Waals surface area contributed by atoms with Gasteiger partial charge in [-0.3, -0.25) is 19.4 Å². The Morgan fingerprint density at radius 3 is 2.00 bits per heavy atom. The first-order valence-electron chi connectivity index (χ1n) is 5.92. The molecule has 2 aromatic heterocycles. The van der Waals surface area contributed by atoms with Gasteiger partial charge in [0.1, 0.15) is 5.69 Å². The van der Waals surface area contributed by atoms with E-state index in [1.54, 1.807) is 6.20 Å². The molecule has 0 aliphatic heterocycles. The van der Waals surface area contributed by atoms with Gasteiger partial charge in [-0.05, 0) is 24.3 Å². The molecule has 7 radical (unpaired) electrons. The van der Waals surface area contributed by atoms with Crippen LogP contribution in [0.3, 0.4) is 0 Å². The number of para-hydroxylation sites is 1. The summed E-state index contributed by atoms with van der Waals surface area (Å²) in [6.07, 6.45) is 1.74. The van der Waals surface area contributed by atoms with E-state index in [1.165, 1.54) is 0 Å². The minimum atomic E-state index is 0. The predicted octanol–water partition coefficient (Wildman–Crippen LogP) is 2.76. The van der Waals surface area contributed by atoms with E-state index < -0.39 is 0 Å². The first-order valence-corrected chi connectivity index (χ1v) is 6.30. The number of benzene rings is 1. The van der Waals surface area contributed by atoms with E-state index in [1.807, 2.05) is 48.5 Å². The van der Waals surface area contributed by atoms with Crippen molar-refractivity contribution in [1.82, 2.24) is 9.97 Å². The monoisotopic (exact) mass is 511 g/mol. The van der Waals surface area contributed by atoms with E-state index in [0.29, 0.717) is 5.02 Å². The van der Waals surface area contributed by atoms with Crippen LogP contribution in [0.15, 0.2) is 54.7 Å². The van der Waals surface area contributed by atoms with Gasteiger partial charge < -0.3 is 0 Å². The van der Waals surface area contributed by atoms with E-state index in [-0.39, 0.29) is 20.4 Å². The number of fused-ring (bicyclic) bond motifs is 1. The molecule has 5 nitrogen and oxygen atoms in total. The van der Waals surface area contributed by atoms with Crippen LogP contribution in [0, 0.1) is 0 Å². The van der Waals surface area contributed by atoms with Crippen molar-refractivity contribution in [3.8, 4) is 11.4 Å². The van der Waals surface area contributed by atoms with Crippen molar-refractivity contribution in [2.45, 2.75) is 0 Å². The molecule has 119 valence electrons. The van der Waals surface area contributed by atoms with E-state index >= 15 is 0 Å². The minimum Gasteiger partial charge on any atom is -0.281 e.